The second-order valence-corrected chi connectivity index (χ2v) is 13.5. The monoisotopic (exact) mass is 546 g/mol. The number of benzene rings is 7. The van der Waals surface area contributed by atoms with Gasteiger partial charge in [0.2, 0.25) is 15.9 Å². The van der Waals surface area contributed by atoms with Crippen molar-refractivity contribution in [1.82, 2.24) is 0 Å². The Bertz CT molecular complexity index is 2200. The van der Waals surface area contributed by atoms with Crippen molar-refractivity contribution >= 4 is 72.8 Å². The van der Waals surface area contributed by atoms with Crippen molar-refractivity contribution in [3.8, 4) is 23.0 Å². The summed E-state index contributed by atoms with van der Waals surface area (Å²) in [7, 11) is -3.00. The first kappa shape index (κ1) is 21.9. The molecule has 3 aliphatic heterocycles. The van der Waals surface area contributed by atoms with Gasteiger partial charge in [-0.25, -0.2) is 4.89 Å². The van der Waals surface area contributed by atoms with Crippen molar-refractivity contribution in [3.63, 3.8) is 0 Å². The topological polar surface area (TPSA) is 41.9 Å². The van der Waals surface area contributed by atoms with Crippen LogP contribution in [0.1, 0.15) is 0 Å². The third-order valence-corrected chi connectivity index (χ3v) is 12.1. The number of hydrogen-bond acceptors (Lipinski definition) is 4. The van der Waals surface area contributed by atoms with Crippen LogP contribution in [0.5, 0.6) is 23.0 Å². The Morgan fingerprint density at radius 3 is 1.41 bits per heavy atom. The molecule has 0 unspecified atom stereocenters. The van der Waals surface area contributed by atoms with Crippen LogP contribution >= 0.6 is 7.49 Å². The van der Waals surface area contributed by atoms with Crippen molar-refractivity contribution in [2.24, 2.45) is 0 Å². The third-order valence-electron chi connectivity index (χ3n) is 8.80. The maximum atomic E-state index is 12.9. The van der Waals surface area contributed by atoms with E-state index in [9.17, 15) is 4.89 Å². The van der Waals surface area contributed by atoms with Gasteiger partial charge in [0.15, 0.2) is 23.0 Å². The molecule has 41 heavy (non-hydrogen) atoms. The Morgan fingerprint density at radius 1 is 0.439 bits per heavy atom. The van der Waals surface area contributed by atoms with Crippen LogP contribution < -0.4 is 30.3 Å². The van der Waals surface area contributed by atoms with E-state index in [0.717, 1.165) is 33.0 Å². The lowest BCUT2D eigenvalue weighted by molar-refractivity contribution is 0.459. The molecule has 3 aliphatic rings. The fourth-order valence-electron chi connectivity index (χ4n) is 7.20. The first-order valence-electron chi connectivity index (χ1n) is 13.7. The molecule has 0 amide bonds. The highest BCUT2D eigenvalue weighted by Crippen LogP contribution is 2.69. The number of nitrogens with zero attached hydrogens (tertiary/aromatic N) is 1. The predicted octanol–water partition coefficient (Wildman–Crippen LogP) is 8.34. The molecule has 4 nitrogen and oxygen atoms in total. The molecule has 0 aromatic heterocycles. The van der Waals surface area contributed by atoms with Crippen LogP contribution in [0, 0.1) is 0 Å². The highest BCUT2D eigenvalue weighted by atomic mass is 31.2. The van der Waals surface area contributed by atoms with Gasteiger partial charge in [-0.2, -0.15) is 0 Å². The normalized spacial score (nSPS) is 15.0. The Balaban J connectivity index is 1.32. The quantitative estimate of drug-likeness (QED) is 0.166. The molecule has 7 aromatic rings. The largest absolute Gasteiger partial charge is 0.449 e. The molecule has 3 heterocycles. The second kappa shape index (κ2) is 7.44. The third kappa shape index (κ3) is 2.58. The van der Waals surface area contributed by atoms with Gasteiger partial charge in [-0.1, -0.05) is 72.8 Å². The summed E-state index contributed by atoms with van der Waals surface area (Å²) in [6, 6.07) is 41.9. The Morgan fingerprint density at radius 2 is 0.878 bits per heavy atom. The van der Waals surface area contributed by atoms with E-state index in [1.807, 2.05) is 42.5 Å². The van der Waals surface area contributed by atoms with E-state index in [-0.39, 0.29) is 0 Å². The zero-order valence-electron chi connectivity index (χ0n) is 21.7. The molecule has 7 aromatic carbocycles. The van der Waals surface area contributed by atoms with Crippen LogP contribution in [0.3, 0.4) is 0 Å². The van der Waals surface area contributed by atoms with Crippen molar-refractivity contribution < 1.29 is 14.4 Å². The number of ether oxygens (including phenoxy) is 2. The van der Waals surface area contributed by atoms with Gasteiger partial charge in [0, 0.05) is 5.69 Å². The molecule has 0 fully saturated rings. The van der Waals surface area contributed by atoms with E-state index in [1.165, 1.54) is 32.3 Å². The van der Waals surface area contributed by atoms with Crippen molar-refractivity contribution in [2.75, 3.05) is 4.90 Å². The van der Waals surface area contributed by atoms with Gasteiger partial charge in [0.1, 0.15) is 0 Å². The van der Waals surface area contributed by atoms with Crippen LogP contribution in [0.25, 0.3) is 32.3 Å². The predicted molar refractivity (Wildman–Crippen MR) is 168 cm³/mol. The van der Waals surface area contributed by atoms with Gasteiger partial charge in [-0.05, 0) is 80.8 Å². The van der Waals surface area contributed by atoms with Gasteiger partial charge >= 0.3 is 0 Å². The number of hydrogen-bond donors (Lipinski definition) is 1. The van der Waals surface area contributed by atoms with E-state index in [1.54, 1.807) is 0 Å². The molecule has 0 atom stereocenters. The summed E-state index contributed by atoms with van der Waals surface area (Å²) in [5.41, 5.74) is 2.90. The average Bonchev–Trinajstić information content (AvgIpc) is 3.01. The van der Waals surface area contributed by atoms with Crippen LogP contribution in [0.4, 0.5) is 17.1 Å². The van der Waals surface area contributed by atoms with E-state index < -0.39 is 7.49 Å². The van der Waals surface area contributed by atoms with Gasteiger partial charge in [0.25, 0.3) is 7.49 Å². The Kier molecular flexibility index (Phi) is 3.97. The summed E-state index contributed by atoms with van der Waals surface area (Å²) in [5.74, 6) is 2.74. The maximum absolute atomic E-state index is 12.9. The maximum Gasteiger partial charge on any atom is 0.258 e. The summed E-state index contributed by atoms with van der Waals surface area (Å²) in [6.07, 6.45) is 0. The van der Waals surface area contributed by atoms with E-state index >= 15 is 0 Å². The minimum Gasteiger partial charge on any atom is -0.449 e. The lowest BCUT2D eigenvalue weighted by Gasteiger charge is -2.41. The molecule has 10 rings (SSSR count). The smallest absolute Gasteiger partial charge is 0.258 e. The zero-order valence-corrected chi connectivity index (χ0v) is 22.6. The summed E-state index contributed by atoms with van der Waals surface area (Å²) in [6.45, 7) is 0. The van der Waals surface area contributed by atoms with Crippen molar-refractivity contribution in [2.45, 2.75) is 0 Å². The molecule has 0 saturated carbocycles. The second-order valence-electron chi connectivity index (χ2n) is 10.8. The molecule has 1 N–H and O–H groups in total. The number of anilines is 3. The fraction of sp³-hybridized carbons (Fsp3) is 0. The number of fused-ring (bicyclic) bond motifs is 6. The molecule has 0 saturated heterocycles. The standard InChI is InChI=1S/C36H21NO3P/c38-41-34-28-12-5-14-30(34)39-32-16-7-17-33(36(32)41)40-31-15-6-13-29(35(31)41)37(28)21-18-19-26-24-10-2-1-8-22(24)23-9-3-4-11-25(23)27(26)20-21/h1-20,38H/q+1. The van der Waals surface area contributed by atoms with E-state index in [0.29, 0.717) is 23.0 Å². The fourth-order valence-corrected chi connectivity index (χ4v) is 10.6. The van der Waals surface area contributed by atoms with Crippen LogP contribution in [0.2, 0.25) is 0 Å². The highest BCUT2D eigenvalue weighted by Gasteiger charge is 2.63. The van der Waals surface area contributed by atoms with Crippen LogP contribution in [0.15, 0.2) is 121 Å². The van der Waals surface area contributed by atoms with E-state index in [2.05, 4.69) is 83.8 Å². The minimum atomic E-state index is -3.00. The van der Waals surface area contributed by atoms with E-state index in [4.69, 9.17) is 9.47 Å². The summed E-state index contributed by atoms with van der Waals surface area (Å²) in [5, 5.41) is 9.86. The Labute approximate surface area is 236 Å². The van der Waals surface area contributed by atoms with Crippen molar-refractivity contribution in [3.05, 3.63) is 121 Å². The van der Waals surface area contributed by atoms with Crippen LogP contribution in [-0.2, 0) is 0 Å². The lowest BCUT2D eigenvalue weighted by atomic mass is 9.94. The molecule has 0 spiro atoms. The zero-order chi connectivity index (χ0) is 26.9. The van der Waals surface area contributed by atoms with Crippen LogP contribution in [-0.4, -0.2) is 4.89 Å². The van der Waals surface area contributed by atoms with Gasteiger partial charge in [-0.3, -0.25) is 0 Å². The molecule has 0 aliphatic carbocycles. The number of rotatable bonds is 1. The first-order valence-corrected chi connectivity index (χ1v) is 15.5. The lowest BCUT2D eigenvalue weighted by Crippen LogP contribution is -2.45. The molecule has 5 heteroatoms. The van der Waals surface area contributed by atoms with Gasteiger partial charge in [-0.15, -0.1) is 0 Å². The minimum absolute atomic E-state index is 0.668. The molecular weight excluding hydrogens is 525 g/mol. The van der Waals surface area contributed by atoms with Gasteiger partial charge < -0.3 is 14.4 Å². The molecular formula is C36H21NO3P+. The SMILES string of the molecule is O[P+]12c3c4cccc3Oc3cccc(c31)N(c1ccc3c5ccccc5c5ccccc5c3c1)c1cccc(c12)O4. The summed E-state index contributed by atoms with van der Waals surface area (Å²) in [4.78, 5) is 15.2. The highest BCUT2D eigenvalue weighted by molar-refractivity contribution is 7.92. The van der Waals surface area contributed by atoms with Gasteiger partial charge in [0.05, 0.1) is 11.4 Å². The molecule has 192 valence electrons. The van der Waals surface area contributed by atoms with Crippen molar-refractivity contribution in [1.29, 1.82) is 0 Å². The Hall–Kier alpha value is -4.89. The summed E-state index contributed by atoms with van der Waals surface area (Å²) < 4.78 is 12.9. The summed E-state index contributed by atoms with van der Waals surface area (Å²) >= 11 is 0. The molecule has 0 bridgehead atoms. The average molecular weight is 547 g/mol. The molecule has 0 radical (unpaired) electrons. The first-order chi connectivity index (χ1) is 20.2.